The van der Waals surface area contributed by atoms with Crippen molar-refractivity contribution >= 4 is 37.2 Å². The number of hydrogen-bond acceptors (Lipinski definition) is 8. The summed E-state index contributed by atoms with van der Waals surface area (Å²) in [6, 6.07) is 0. The topological polar surface area (TPSA) is 93.1 Å². The highest BCUT2D eigenvalue weighted by atomic mass is 32.1. The molecule has 0 aliphatic carbocycles. The van der Waals surface area contributed by atoms with Crippen LogP contribution in [0.15, 0.2) is 0 Å². The van der Waals surface area contributed by atoms with E-state index in [1.54, 1.807) is 0 Å². The van der Waals surface area contributed by atoms with Crippen LogP contribution in [0.3, 0.4) is 0 Å². The van der Waals surface area contributed by atoms with Crippen molar-refractivity contribution in [2.45, 2.75) is 23.7 Å². The second-order valence-corrected chi connectivity index (χ2v) is 3.77. The second-order valence-electron chi connectivity index (χ2n) is 2.79. The summed E-state index contributed by atoms with van der Waals surface area (Å²) < 4.78 is 9.18. The Bertz CT molecular complexity index is 207. The van der Waals surface area contributed by atoms with Crippen molar-refractivity contribution in [2.24, 2.45) is 0 Å². The minimum Gasteiger partial charge on any atom is -0.463 e. The van der Waals surface area contributed by atoms with E-state index in [2.05, 4.69) is 34.7 Å². The molecule has 0 aromatic carbocycles. The Morgan fingerprint density at radius 1 is 0.938 bits per heavy atom. The number of hydrogen-bond donors (Lipinski definition) is 4. The van der Waals surface area contributed by atoms with E-state index < -0.39 is 22.8 Å². The second kappa shape index (κ2) is 8.68. The number of carbonyl (C=O) groups is 2. The van der Waals surface area contributed by atoms with Gasteiger partial charge in [-0.3, -0.25) is 0 Å². The van der Waals surface area contributed by atoms with Crippen LogP contribution in [0.5, 0.6) is 0 Å². The summed E-state index contributed by atoms with van der Waals surface area (Å²) in [7, 11) is 0. The van der Waals surface area contributed by atoms with E-state index in [9.17, 15) is 9.59 Å². The number of aliphatic hydroxyl groups is 2. The fourth-order valence-electron chi connectivity index (χ4n) is 0.699. The molecule has 0 fully saturated rings. The van der Waals surface area contributed by atoms with Crippen LogP contribution in [0, 0.1) is 0 Å². The Kier molecular flexibility index (Phi) is 8.44. The highest BCUT2D eigenvalue weighted by molar-refractivity contribution is 7.81. The molecule has 0 aromatic rings. The molecule has 0 saturated carbocycles. The molecule has 6 nitrogen and oxygen atoms in total. The summed E-state index contributed by atoms with van der Waals surface area (Å²) in [5, 5.41) is 17.3. The Labute approximate surface area is 104 Å². The maximum Gasteiger partial charge on any atom is 0.345 e. The number of esters is 2. The van der Waals surface area contributed by atoms with Crippen molar-refractivity contribution in [3.8, 4) is 0 Å². The summed E-state index contributed by atoms with van der Waals surface area (Å²) in [5.74, 6) is -1.63. The van der Waals surface area contributed by atoms with Gasteiger partial charge >= 0.3 is 11.9 Å². The molecule has 0 radical (unpaired) electrons. The standard InChI is InChI=1S/C8H14O6S2/c9-5(7(11)15)13-3-1-2-4-14-6(10)8(12)16/h7-8,11-12,15-16H,1-4H2. The van der Waals surface area contributed by atoms with Crippen LogP contribution < -0.4 is 0 Å². The SMILES string of the molecule is O=C(OCCCCOC(=O)C(O)S)C(O)S. The van der Waals surface area contributed by atoms with Crippen LogP contribution in [0.1, 0.15) is 12.8 Å². The van der Waals surface area contributed by atoms with E-state index in [1.807, 2.05) is 0 Å². The number of aliphatic hydroxyl groups excluding tert-OH is 2. The predicted octanol–water partition coefficient (Wildman–Crippen LogP) is -0.651. The summed E-state index contributed by atoms with van der Waals surface area (Å²) in [6.45, 7) is 0.217. The monoisotopic (exact) mass is 270 g/mol. The van der Waals surface area contributed by atoms with Crippen molar-refractivity contribution in [3.63, 3.8) is 0 Å². The summed E-state index contributed by atoms with van der Waals surface area (Å²) in [4.78, 5) is 21.4. The molecule has 0 bridgehead atoms. The highest BCUT2D eigenvalue weighted by Gasteiger charge is 2.11. The third-order valence-electron chi connectivity index (χ3n) is 1.45. The van der Waals surface area contributed by atoms with Gasteiger partial charge < -0.3 is 19.7 Å². The highest BCUT2D eigenvalue weighted by Crippen LogP contribution is 1.98. The third-order valence-corrected chi connectivity index (χ3v) is 1.87. The minimum absolute atomic E-state index is 0.109. The van der Waals surface area contributed by atoms with Crippen LogP contribution in [0.25, 0.3) is 0 Å². The van der Waals surface area contributed by atoms with Crippen LogP contribution >= 0.6 is 25.3 Å². The summed E-state index contributed by atoms with van der Waals surface area (Å²) in [6.07, 6.45) is 0.949. The maximum atomic E-state index is 10.7. The lowest BCUT2D eigenvalue weighted by molar-refractivity contribution is -0.151. The molecule has 0 rings (SSSR count). The Morgan fingerprint density at radius 2 is 1.25 bits per heavy atom. The number of carbonyl (C=O) groups excluding carboxylic acids is 2. The van der Waals surface area contributed by atoms with Crippen molar-refractivity contribution in [2.75, 3.05) is 13.2 Å². The molecule has 2 N–H and O–H groups in total. The van der Waals surface area contributed by atoms with Gasteiger partial charge in [0.1, 0.15) is 0 Å². The number of ether oxygens (including phenoxy) is 2. The molecule has 0 aromatic heterocycles. The smallest absolute Gasteiger partial charge is 0.345 e. The van der Waals surface area contributed by atoms with Crippen LogP contribution in [0.4, 0.5) is 0 Å². The fraction of sp³-hybridized carbons (Fsp3) is 0.750. The quantitative estimate of drug-likeness (QED) is 0.213. The normalized spacial score (nSPS) is 14.0. The van der Waals surface area contributed by atoms with Crippen LogP contribution in [-0.4, -0.2) is 46.2 Å². The third kappa shape index (κ3) is 7.80. The van der Waals surface area contributed by atoms with E-state index >= 15 is 0 Å². The van der Waals surface area contributed by atoms with E-state index in [0.29, 0.717) is 12.8 Å². The van der Waals surface area contributed by atoms with Crippen LogP contribution in [-0.2, 0) is 19.1 Å². The summed E-state index contributed by atoms with van der Waals surface area (Å²) >= 11 is 6.92. The minimum atomic E-state index is -1.43. The van der Waals surface area contributed by atoms with Crippen molar-refractivity contribution in [1.29, 1.82) is 0 Å². The number of unbranched alkanes of at least 4 members (excludes halogenated alkanes) is 1. The zero-order valence-corrected chi connectivity index (χ0v) is 10.2. The van der Waals surface area contributed by atoms with Gasteiger partial charge in [-0.1, -0.05) is 0 Å². The lowest BCUT2D eigenvalue weighted by Gasteiger charge is -2.07. The molecule has 0 spiro atoms. The van der Waals surface area contributed by atoms with Crippen molar-refractivity contribution in [3.05, 3.63) is 0 Å². The molecule has 8 heteroatoms. The first-order chi connectivity index (χ1) is 7.45. The van der Waals surface area contributed by atoms with Gasteiger partial charge in [0.25, 0.3) is 0 Å². The van der Waals surface area contributed by atoms with Gasteiger partial charge in [-0.05, 0) is 12.8 Å². The van der Waals surface area contributed by atoms with E-state index in [4.69, 9.17) is 10.2 Å². The molecular weight excluding hydrogens is 256 g/mol. The Morgan fingerprint density at radius 3 is 1.50 bits per heavy atom. The molecular formula is C8H14O6S2. The van der Waals surface area contributed by atoms with Gasteiger partial charge in [-0.2, -0.15) is 0 Å². The Hall–Kier alpha value is -0.440. The zero-order chi connectivity index (χ0) is 12.6. The van der Waals surface area contributed by atoms with Gasteiger partial charge in [-0.15, -0.1) is 25.3 Å². The average Bonchev–Trinajstić information content (AvgIpc) is 2.21. The molecule has 94 valence electrons. The van der Waals surface area contributed by atoms with E-state index in [1.165, 1.54) is 0 Å². The number of thiol groups is 2. The van der Waals surface area contributed by atoms with E-state index in [0.717, 1.165) is 0 Å². The molecule has 0 aliphatic heterocycles. The first-order valence-corrected chi connectivity index (χ1v) is 5.54. The number of rotatable bonds is 7. The molecule has 2 atom stereocenters. The summed E-state index contributed by atoms with van der Waals surface area (Å²) in [5.41, 5.74) is -2.87. The zero-order valence-electron chi connectivity index (χ0n) is 8.40. The van der Waals surface area contributed by atoms with Gasteiger partial charge in [0, 0.05) is 0 Å². The van der Waals surface area contributed by atoms with Crippen molar-refractivity contribution < 1.29 is 29.3 Å². The van der Waals surface area contributed by atoms with E-state index in [-0.39, 0.29) is 13.2 Å². The van der Waals surface area contributed by atoms with Crippen LogP contribution in [0.2, 0.25) is 0 Å². The lowest BCUT2D eigenvalue weighted by atomic mass is 10.3. The molecule has 0 aliphatic rings. The first-order valence-electron chi connectivity index (χ1n) is 4.50. The molecule has 16 heavy (non-hydrogen) atoms. The van der Waals surface area contributed by atoms with Gasteiger partial charge in [0.05, 0.1) is 13.2 Å². The largest absolute Gasteiger partial charge is 0.463 e. The molecule has 2 unspecified atom stereocenters. The predicted molar refractivity (Wildman–Crippen MR) is 61.1 cm³/mol. The van der Waals surface area contributed by atoms with Gasteiger partial charge in [0.15, 0.2) is 10.9 Å². The van der Waals surface area contributed by atoms with Gasteiger partial charge in [-0.25, -0.2) is 9.59 Å². The lowest BCUT2D eigenvalue weighted by Crippen LogP contribution is -2.19. The fourth-order valence-corrected chi connectivity index (χ4v) is 0.848. The first kappa shape index (κ1) is 15.6. The maximum absolute atomic E-state index is 10.7. The molecule has 0 heterocycles. The van der Waals surface area contributed by atoms with Gasteiger partial charge in [0.2, 0.25) is 0 Å². The Balaban J connectivity index is 3.35. The molecule has 0 amide bonds. The average molecular weight is 270 g/mol. The molecule has 0 saturated heterocycles. The van der Waals surface area contributed by atoms with Crippen molar-refractivity contribution in [1.82, 2.24) is 0 Å².